The second-order valence-electron chi connectivity index (χ2n) is 3.49. The van der Waals surface area contributed by atoms with Gasteiger partial charge in [0.25, 0.3) is 0 Å². The van der Waals surface area contributed by atoms with Crippen LogP contribution in [-0.4, -0.2) is 10.7 Å². The highest BCUT2D eigenvalue weighted by Gasteiger charge is 2.27. The van der Waals surface area contributed by atoms with Gasteiger partial charge in [0.15, 0.2) is 0 Å². The minimum Gasteiger partial charge on any atom is -0.386 e. The van der Waals surface area contributed by atoms with Crippen molar-refractivity contribution in [3.63, 3.8) is 0 Å². The molecule has 1 aliphatic carbocycles. The molecule has 0 saturated heterocycles. The first-order valence-electron chi connectivity index (χ1n) is 4.02. The molecule has 0 amide bonds. The largest absolute Gasteiger partial charge is 0.386 e. The Morgan fingerprint density at radius 2 is 2.00 bits per heavy atom. The lowest BCUT2D eigenvalue weighted by molar-refractivity contribution is 0.0382. The third-order valence-corrected chi connectivity index (χ3v) is 2.52. The molecule has 0 bridgehead atoms. The predicted molar refractivity (Wildman–Crippen MR) is 42.8 cm³/mol. The van der Waals surface area contributed by atoms with Crippen LogP contribution in [0.25, 0.3) is 0 Å². The molecular formula is C9H16O. The molecule has 10 heavy (non-hydrogen) atoms. The van der Waals surface area contributed by atoms with Crippen LogP contribution < -0.4 is 0 Å². The Morgan fingerprint density at radius 1 is 1.50 bits per heavy atom. The SMILES string of the molecule is C=C[C@]1(O)CC[C@H](C)CC1. The molecule has 0 aromatic rings. The van der Waals surface area contributed by atoms with E-state index in [9.17, 15) is 5.11 Å². The number of hydrogen-bond donors (Lipinski definition) is 1. The van der Waals surface area contributed by atoms with Gasteiger partial charge in [-0.25, -0.2) is 0 Å². The van der Waals surface area contributed by atoms with Gasteiger partial charge in [-0.2, -0.15) is 0 Å². The van der Waals surface area contributed by atoms with E-state index in [-0.39, 0.29) is 0 Å². The van der Waals surface area contributed by atoms with E-state index in [4.69, 9.17) is 0 Å². The van der Waals surface area contributed by atoms with Crippen LogP contribution in [0.15, 0.2) is 12.7 Å². The quantitative estimate of drug-likeness (QED) is 0.553. The second kappa shape index (κ2) is 2.75. The van der Waals surface area contributed by atoms with Crippen LogP contribution >= 0.6 is 0 Å². The summed E-state index contributed by atoms with van der Waals surface area (Å²) in [5, 5.41) is 9.68. The Balaban J connectivity index is 2.46. The van der Waals surface area contributed by atoms with Gasteiger partial charge in [0, 0.05) is 0 Å². The normalized spacial score (nSPS) is 41.2. The van der Waals surface area contributed by atoms with Gasteiger partial charge in [0.05, 0.1) is 5.60 Å². The number of hydrogen-bond acceptors (Lipinski definition) is 1. The average molecular weight is 140 g/mol. The predicted octanol–water partition coefficient (Wildman–Crippen LogP) is 2.11. The summed E-state index contributed by atoms with van der Waals surface area (Å²) in [4.78, 5) is 0. The van der Waals surface area contributed by atoms with Crippen molar-refractivity contribution in [3.8, 4) is 0 Å². The smallest absolute Gasteiger partial charge is 0.0825 e. The number of rotatable bonds is 1. The summed E-state index contributed by atoms with van der Waals surface area (Å²) >= 11 is 0. The first-order valence-corrected chi connectivity index (χ1v) is 4.02. The molecule has 0 atom stereocenters. The van der Waals surface area contributed by atoms with Gasteiger partial charge in [-0.3, -0.25) is 0 Å². The monoisotopic (exact) mass is 140 g/mol. The third kappa shape index (κ3) is 1.60. The zero-order chi connectivity index (χ0) is 7.61. The molecule has 1 N–H and O–H groups in total. The molecule has 1 saturated carbocycles. The molecule has 1 rings (SSSR count). The van der Waals surface area contributed by atoms with E-state index in [1.165, 1.54) is 0 Å². The van der Waals surface area contributed by atoms with Crippen molar-refractivity contribution in [2.24, 2.45) is 5.92 Å². The van der Waals surface area contributed by atoms with Gasteiger partial charge >= 0.3 is 0 Å². The van der Waals surface area contributed by atoms with Crippen molar-refractivity contribution in [2.45, 2.75) is 38.2 Å². The van der Waals surface area contributed by atoms with E-state index in [2.05, 4.69) is 13.5 Å². The third-order valence-electron chi connectivity index (χ3n) is 2.52. The van der Waals surface area contributed by atoms with E-state index in [1.807, 2.05) is 0 Å². The highest BCUT2D eigenvalue weighted by Crippen LogP contribution is 2.32. The van der Waals surface area contributed by atoms with Crippen molar-refractivity contribution >= 4 is 0 Å². The lowest BCUT2D eigenvalue weighted by Gasteiger charge is -2.31. The molecule has 1 nitrogen and oxygen atoms in total. The summed E-state index contributed by atoms with van der Waals surface area (Å²) in [6.07, 6.45) is 5.78. The van der Waals surface area contributed by atoms with Crippen molar-refractivity contribution in [3.05, 3.63) is 12.7 Å². The Kier molecular flexibility index (Phi) is 2.14. The molecule has 0 spiro atoms. The van der Waals surface area contributed by atoms with Crippen LogP contribution in [0.3, 0.4) is 0 Å². The van der Waals surface area contributed by atoms with Gasteiger partial charge in [-0.1, -0.05) is 13.0 Å². The second-order valence-corrected chi connectivity index (χ2v) is 3.49. The fourth-order valence-electron chi connectivity index (χ4n) is 1.47. The molecular weight excluding hydrogens is 124 g/mol. The van der Waals surface area contributed by atoms with E-state index < -0.39 is 5.60 Å². The lowest BCUT2D eigenvalue weighted by Crippen LogP contribution is -2.30. The first kappa shape index (κ1) is 7.80. The Bertz CT molecular complexity index is 121. The summed E-state index contributed by atoms with van der Waals surface area (Å²) < 4.78 is 0. The van der Waals surface area contributed by atoms with Crippen LogP contribution in [0.2, 0.25) is 0 Å². The van der Waals surface area contributed by atoms with Gasteiger partial charge in [0.2, 0.25) is 0 Å². The lowest BCUT2D eigenvalue weighted by atomic mass is 9.80. The van der Waals surface area contributed by atoms with Crippen LogP contribution in [0, 0.1) is 5.92 Å². The molecule has 1 heteroatoms. The van der Waals surface area contributed by atoms with E-state index in [0.29, 0.717) is 0 Å². The molecule has 1 aliphatic rings. The summed E-state index contributed by atoms with van der Waals surface area (Å²) in [5.74, 6) is 0.792. The highest BCUT2D eigenvalue weighted by molar-refractivity contribution is 4.98. The first-order chi connectivity index (χ1) is 4.66. The van der Waals surface area contributed by atoms with Crippen molar-refractivity contribution in [1.82, 2.24) is 0 Å². The molecule has 58 valence electrons. The van der Waals surface area contributed by atoms with Gasteiger partial charge in [0.1, 0.15) is 0 Å². The topological polar surface area (TPSA) is 20.2 Å². The fourth-order valence-corrected chi connectivity index (χ4v) is 1.47. The number of aliphatic hydroxyl groups is 1. The van der Waals surface area contributed by atoms with Crippen molar-refractivity contribution < 1.29 is 5.11 Å². The molecule has 0 aromatic heterocycles. The molecule has 0 radical (unpaired) electrons. The van der Waals surface area contributed by atoms with Crippen LogP contribution in [0.4, 0.5) is 0 Å². The minimum absolute atomic E-state index is 0.535. The van der Waals surface area contributed by atoms with Crippen LogP contribution in [0.1, 0.15) is 32.6 Å². The fraction of sp³-hybridized carbons (Fsp3) is 0.778. The zero-order valence-electron chi connectivity index (χ0n) is 6.64. The highest BCUT2D eigenvalue weighted by atomic mass is 16.3. The van der Waals surface area contributed by atoms with Gasteiger partial charge < -0.3 is 5.11 Å². The zero-order valence-corrected chi connectivity index (χ0v) is 6.64. The average Bonchev–Trinajstić information content (AvgIpc) is 1.96. The Hall–Kier alpha value is -0.300. The molecule has 0 aromatic carbocycles. The maximum atomic E-state index is 9.68. The summed E-state index contributed by atoms with van der Waals surface area (Å²) in [6, 6.07) is 0. The molecule has 1 fully saturated rings. The summed E-state index contributed by atoms with van der Waals surface area (Å²) in [7, 11) is 0. The van der Waals surface area contributed by atoms with Gasteiger partial charge in [-0.15, -0.1) is 6.58 Å². The van der Waals surface area contributed by atoms with E-state index in [0.717, 1.165) is 31.6 Å². The standard InChI is InChI=1S/C9H16O/c1-3-9(10)6-4-8(2)5-7-9/h3,8,10H,1,4-7H2,2H3/t8-,9-. The van der Waals surface area contributed by atoms with Crippen molar-refractivity contribution in [2.75, 3.05) is 0 Å². The van der Waals surface area contributed by atoms with Gasteiger partial charge in [-0.05, 0) is 31.6 Å². The van der Waals surface area contributed by atoms with E-state index >= 15 is 0 Å². The molecule has 0 aliphatic heterocycles. The molecule has 0 unspecified atom stereocenters. The Morgan fingerprint density at radius 3 is 2.40 bits per heavy atom. The van der Waals surface area contributed by atoms with E-state index in [1.54, 1.807) is 6.08 Å². The van der Waals surface area contributed by atoms with Crippen LogP contribution in [-0.2, 0) is 0 Å². The van der Waals surface area contributed by atoms with Crippen molar-refractivity contribution in [1.29, 1.82) is 0 Å². The Labute approximate surface area is 62.8 Å². The maximum absolute atomic E-state index is 9.68. The molecule has 0 heterocycles. The van der Waals surface area contributed by atoms with Crippen LogP contribution in [0.5, 0.6) is 0 Å². The summed E-state index contributed by atoms with van der Waals surface area (Å²) in [6.45, 7) is 5.87. The maximum Gasteiger partial charge on any atom is 0.0825 e. The summed E-state index contributed by atoms with van der Waals surface area (Å²) in [5.41, 5.74) is -0.535. The minimum atomic E-state index is -0.535.